The van der Waals surface area contributed by atoms with Crippen molar-refractivity contribution in [2.75, 3.05) is 11.4 Å². The van der Waals surface area contributed by atoms with E-state index in [9.17, 15) is 22.8 Å². The average Bonchev–Trinajstić information content (AvgIpc) is 3.57. The third-order valence-corrected chi connectivity index (χ3v) is 7.81. The first kappa shape index (κ1) is 30.0. The molecule has 1 aliphatic carbocycles. The van der Waals surface area contributed by atoms with Crippen LogP contribution in [0.4, 0.5) is 18.9 Å². The van der Waals surface area contributed by atoms with E-state index in [1.807, 2.05) is 0 Å². The summed E-state index contributed by atoms with van der Waals surface area (Å²) >= 11 is 0. The number of hydrogen-bond donors (Lipinski definition) is 3. The first-order chi connectivity index (χ1) is 20.7. The minimum Gasteiger partial charge on any atom is -0.330 e. The monoisotopic (exact) mass is 592 g/mol. The smallest absolute Gasteiger partial charge is 0.330 e. The van der Waals surface area contributed by atoms with Crippen LogP contribution in [-0.2, 0) is 22.2 Å². The van der Waals surface area contributed by atoms with Crippen LogP contribution in [0.3, 0.4) is 0 Å². The normalized spacial score (nSPS) is 17.8. The summed E-state index contributed by atoms with van der Waals surface area (Å²) in [4.78, 5) is 32.3. The molecule has 0 spiro atoms. The highest BCUT2D eigenvalue weighted by molar-refractivity contribution is 6.17. The number of amides is 2. The van der Waals surface area contributed by atoms with Crippen molar-refractivity contribution in [3.8, 4) is 22.5 Å². The van der Waals surface area contributed by atoms with Crippen LogP contribution < -0.4 is 16.4 Å². The van der Waals surface area contributed by atoms with Crippen LogP contribution >= 0.6 is 0 Å². The Balaban J connectivity index is 1.36. The predicted molar refractivity (Wildman–Crippen MR) is 153 cm³/mol. The quantitative estimate of drug-likeness (QED) is 0.276. The van der Waals surface area contributed by atoms with Crippen LogP contribution in [0.25, 0.3) is 22.5 Å². The lowest BCUT2D eigenvalue weighted by atomic mass is 9.81. The van der Waals surface area contributed by atoms with Crippen molar-refractivity contribution in [2.24, 2.45) is 23.3 Å². The molecule has 1 atom stereocenters. The number of anilines is 1. The van der Waals surface area contributed by atoms with E-state index in [1.165, 1.54) is 24.3 Å². The molecule has 0 unspecified atom stereocenters. The van der Waals surface area contributed by atoms with Crippen molar-refractivity contribution in [3.63, 3.8) is 0 Å². The van der Waals surface area contributed by atoms with Gasteiger partial charge in [-0.15, -0.1) is 10.2 Å². The lowest BCUT2D eigenvalue weighted by Gasteiger charge is -2.32. The van der Waals surface area contributed by atoms with Gasteiger partial charge >= 0.3 is 6.18 Å². The fourth-order valence-corrected chi connectivity index (χ4v) is 5.43. The standard InChI is InChI=1S/C30H31F3N8O2/c31-30(32,33)26-24(2-1-15-36-26)20-7-3-18(4-8-20)16-25(35)29(43)41(28(42)22-9-5-19(17-34)6-10-22)23-13-11-21(12-14-23)27-37-39-40-38-27/h1-4,7-8,11-15,19,22,25H,5-6,9-10,16-17,34-35H2,(H,37,38,39,40)/t19?,22?,25-/m0/s1. The Morgan fingerprint density at radius 2 is 1.65 bits per heavy atom. The van der Waals surface area contributed by atoms with Gasteiger partial charge < -0.3 is 11.5 Å². The van der Waals surface area contributed by atoms with Gasteiger partial charge in [0.25, 0.3) is 5.91 Å². The van der Waals surface area contributed by atoms with E-state index in [2.05, 4.69) is 25.6 Å². The van der Waals surface area contributed by atoms with Gasteiger partial charge in [-0.2, -0.15) is 18.4 Å². The number of pyridine rings is 1. The predicted octanol–water partition coefficient (Wildman–Crippen LogP) is 4.14. The molecule has 5 N–H and O–H groups in total. The number of nitrogens with two attached hydrogens (primary N) is 2. The molecular formula is C30H31F3N8O2. The summed E-state index contributed by atoms with van der Waals surface area (Å²) in [5, 5.41) is 13.8. The number of tetrazole rings is 1. The summed E-state index contributed by atoms with van der Waals surface area (Å²) in [5.41, 5.74) is 13.2. The molecule has 43 heavy (non-hydrogen) atoms. The number of H-pyrrole nitrogens is 1. The van der Waals surface area contributed by atoms with Gasteiger partial charge in [0.15, 0.2) is 5.69 Å². The maximum absolute atomic E-state index is 13.8. The van der Waals surface area contributed by atoms with Crippen LogP contribution in [-0.4, -0.2) is 50.0 Å². The third-order valence-electron chi connectivity index (χ3n) is 7.81. The van der Waals surface area contributed by atoms with E-state index in [4.69, 9.17) is 11.5 Å². The first-order valence-electron chi connectivity index (χ1n) is 13.9. The SMILES string of the molecule is NCC1CCC(C(=O)N(C(=O)[C@@H](N)Cc2ccc(-c3cccnc3C(F)(F)F)cc2)c2ccc(-c3nn[nH]n3)cc2)CC1. The van der Waals surface area contributed by atoms with Gasteiger partial charge in [0.1, 0.15) is 0 Å². The number of aromatic nitrogens is 5. The Kier molecular flexibility index (Phi) is 8.92. The molecule has 224 valence electrons. The second-order valence-corrected chi connectivity index (χ2v) is 10.7. The van der Waals surface area contributed by atoms with Crippen LogP contribution in [0, 0.1) is 11.8 Å². The minimum atomic E-state index is -4.60. The number of halogens is 3. The Morgan fingerprint density at radius 1 is 0.977 bits per heavy atom. The molecule has 0 saturated heterocycles. The molecule has 0 radical (unpaired) electrons. The molecule has 13 heteroatoms. The molecule has 10 nitrogen and oxygen atoms in total. The highest BCUT2D eigenvalue weighted by atomic mass is 19.4. The van der Waals surface area contributed by atoms with E-state index < -0.39 is 23.8 Å². The van der Waals surface area contributed by atoms with E-state index in [1.54, 1.807) is 36.4 Å². The number of rotatable bonds is 8. The maximum atomic E-state index is 13.8. The molecule has 5 rings (SSSR count). The second-order valence-electron chi connectivity index (χ2n) is 10.7. The van der Waals surface area contributed by atoms with Crippen LogP contribution in [0.2, 0.25) is 0 Å². The second kappa shape index (κ2) is 12.8. The number of imide groups is 1. The van der Waals surface area contributed by atoms with Gasteiger partial charge in [-0.1, -0.05) is 30.3 Å². The summed E-state index contributed by atoms with van der Waals surface area (Å²) in [5.74, 6) is -0.530. The molecule has 2 heterocycles. The number of nitrogens with one attached hydrogen (secondary N) is 1. The highest BCUT2D eigenvalue weighted by Crippen LogP contribution is 2.36. The summed E-state index contributed by atoms with van der Waals surface area (Å²) in [6.07, 6.45) is -0.585. The molecule has 1 fully saturated rings. The van der Waals surface area contributed by atoms with Gasteiger partial charge in [0, 0.05) is 23.2 Å². The fraction of sp³-hybridized carbons (Fsp3) is 0.333. The Bertz CT molecular complexity index is 1540. The number of aromatic amines is 1. The van der Waals surface area contributed by atoms with E-state index in [-0.39, 0.29) is 23.8 Å². The summed E-state index contributed by atoms with van der Waals surface area (Å²) in [6, 6.07) is 14.7. The molecular weight excluding hydrogens is 561 g/mol. The maximum Gasteiger partial charge on any atom is 0.433 e. The largest absolute Gasteiger partial charge is 0.433 e. The van der Waals surface area contributed by atoms with Gasteiger partial charge in [-0.3, -0.25) is 14.6 Å². The van der Waals surface area contributed by atoms with Crippen molar-refractivity contribution in [2.45, 2.75) is 44.3 Å². The van der Waals surface area contributed by atoms with Crippen molar-refractivity contribution in [3.05, 3.63) is 78.1 Å². The van der Waals surface area contributed by atoms with Gasteiger partial charge in [-0.05, 0) is 91.2 Å². The van der Waals surface area contributed by atoms with Gasteiger partial charge in [0.2, 0.25) is 11.7 Å². The van der Waals surface area contributed by atoms with E-state index in [0.29, 0.717) is 53.5 Å². The molecule has 0 bridgehead atoms. The Morgan fingerprint density at radius 3 is 2.26 bits per heavy atom. The van der Waals surface area contributed by atoms with E-state index >= 15 is 0 Å². The lowest BCUT2D eigenvalue weighted by molar-refractivity contribution is -0.140. The van der Waals surface area contributed by atoms with Gasteiger partial charge in [0.05, 0.1) is 11.7 Å². The number of nitrogens with zero attached hydrogens (tertiary/aromatic N) is 5. The zero-order valence-electron chi connectivity index (χ0n) is 23.2. The molecule has 2 aromatic heterocycles. The average molecular weight is 593 g/mol. The zero-order valence-corrected chi connectivity index (χ0v) is 23.2. The molecule has 0 aliphatic heterocycles. The minimum absolute atomic E-state index is 0.0488. The topological polar surface area (TPSA) is 157 Å². The fourth-order valence-electron chi connectivity index (χ4n) is 5.43. The van der Waals surface area contributed by atoms with E-state index in [0.717, 1.165) is 23.9 Å². The highest BCUT2D eigenvalue weighted by Gasteiger charge is 2.36. The van der Waals surface area contributed by atoms with Gasteiger partial charge in [-0.25, -0.2) is 4.90 Å². The summed E-state index contributed by atoms with van der Waals surface area (Å²) < 4.78 is 40.4. The van der Waals surface area contributed by atoms with Crippen molar-refractivity contribution in [1.29, 1.82) is 0 Å². The molecule has 4 aromatic rings. The third kappa shape index (κ3) is 6.78. The van der Waals surface area contributed by atoms with Crippen LogP contribution in [0.1, 0.15) is 36.9 Å². The first-order valence-corrected chi connectivity index (χ1v) is 13.9. The van der Waals surface area contributed by atoms with Crippen LogP contribution in [0.15, 0.2) is 66.9 Å². The van der Waals surface area contributed by atoms with Crippen molar-refractivity contribution >= 4 is 17.5 Å². The summed E-state index contributed by atoms with van der Waals surface area (Å²) in [6.45, 7) is 0.559. The number of benzene rings is 2. The molecule has 1 saturated carbocycles. The number of alkyl halides is 3. The number of carbonyl (C=O) groups excluding carboxylic acids is 2. The van der Waals surface area contributed by atoms with Crippen LogP contribution in [0.5, 0.6) is 0 Å². The molecule has 1 aliphatic rings. The number of carbonyl (C=O) groups is 2. The molecule has 2 amide bonds. The Labute approximate surface area is 245 Å². The lowest BCUT2D eigenvalue weighted by Crippen LogP contribution is -2.50. The zero-order chi connectivity index (χ0) is 30.6. The molecule has 2 aromatic carbocycles. The summed E-state index contributed by atoms with van der Waals surface area (Å²) in [7, 11) is 0. The van der Waals surface area contributed by atoms with Crippen molar-refractivity contribution in [1.82, 2.24) is 25.6 Å². The number of hydrogen-bond acceptors (Lipinski definition) is 8. The Hall–Kier alpha value is -4.49. The van der Waals surface area contributed by atoms with Crippen molar-refractivity contribution < 1.29 is 22.8 Å².